The Bertz CT molecular complexity index is 618. The van der Waals surface area contributed by atoms with Crippen LogP contribution >= 0.6 is 0 Å². The Balaban J connectivity index is 1.45. The summed E-state index contributed by atoms with van der Waals surface area (Å²) in [6.45, 7) is 2.69. The molecule has 2 aromatic carbocycles. The Kier molecular flexibility index (Phi) is 6.45. The molecular formula is C21H26O4. The standard InChI is InChI=1S/C21H26O4/c1-22-20-10-8-19(9-11-20)21(24-16-17-25-21)13-5-14-23-15-12-18-6-3-2-4-7-18/h2-4,6-11H,5,12-17H2,1H3. The average molecular weight is 342 g/mol. The fourth-order valence-electron chi connectivity index (χ4n) is 3.10. The minimum absolute atomic E-state index is 0.626. The van der Waals surface area contributed by atoms with Crippen LogP contribution in [0.2, 0.25) is 0 Å². The van der Waals surface area contributed by atoms with Crippen LogP contribution in [0.3, 0.4) is 0 Å². The van der Waals surface area contributed by atoms with Crippen molar-refractivity contribution in [2.75, 3.05) is 33.5 Å². The maximum Gasteiger partial charge on any atom is 0.195 e. The number of benzene rings is 2. The molecule has 0 unspecified atom stereocenters. The van der Waals surface area contributed by atoms with Gasteiger partial charge in [-0.25, -0.2) is 0 Å². The molecule has 1 heterocycles. The predicted molar refractivity (Wildman–Crippen MR) is 96.8 cm³/mol. The summed E-state index contributed by atoms with van der Waals surface area (Å²) < 4.78 is 22.9. The third-order valence-corrected chi connectivity index (χ3v) is 4.46. The molecule has 0 atom stereocenters. The monoisotopic (exact) mass is 342 g/mol. The molecule has 134 valence electrons. The SMILES string of the molecule is COc1ccc(C2(CCCOCCc3ccccc3)OCCO2)cc1. The molecule has 0 aliphatic carbocycles. The Morgan fingerprint density at radius 2 is 1.64 bits per heavy atom. The van der Waals surface area contributed by atoms with Crippen LogP contribution in [-0.2, 0) is 26.4 Å². The molecule has 25 heavy (non-hydrogen) atoms. The van der Waals surface area contributed by atoms with Gasteiger partial charge in [-0.2, -0.15) is 0 Å². The molecule has 0 bridgehead atoms. The van der Waals surface area contributed by atoms with Crippen LogP contribution in [0.4, 0.5) is 0 Å². The van der Waals surface area contributed by atoms with Gasteiger partial charge in [0.15, 0.2) is 5.79 Å². The zero-order chi connectivity index (χ0) is 17.4. The van der Waals surface area contributed by atoms with Crippen molar-refractivity contribution < 1.29 is 18.9 Å². The summed E-state index contributed by atoms with van der Waals surface area (Å²) in [5.74, 6) is 0.191. The third-order valence-electron chi connectivity index (χ3n) is 4.46. The van der Waals surface area contributed by atoms with Crippen LogP contribution in [0, 0.1) is 0 Å². The summed E-state index contributed by atoms with van der Waals surface area (Å²) in [4.78, 5) is 0. The Morgan fingerprint density at radius 3 is 2.32 bits per heavy atom. The van der Waals surface area contributed by atoms with E-state index in [0.29, 0.717) is 19.8 Å². The Hall–Kier alpha value is -1.88. The van der Waals surface area contributed by atoms with Crippen molar-refractivity contribution >= 4 is 0 Å². The lowest BCUT2D eigenvalue weighted by Gasteiger charge is -2.28. The van der Waals surface area contributed by atoms with E-state index in [-0.39, 0.29) is 0 Å². The fourth-order valence-corrected chi connectivity index (χ4v) is 3.10. The van der Waals surface area contributed by atoms with Crippen LogP contribution < -0.4 is 4.74 Å². The molecule has 4 heteroatoms. The van der Waals surface area contributed by atoms with Gasteiger partial charge in [0.05, 0.1) is 26.9 Å². The zero-order valence-electron chi connectivity index (χ0n) is 14.8. The van der Waals surface area contributed by atoms with E-state index in [0.717, 1.165) is 37.2 Å². The van der Waals surface area contributed by atoms with E-state index >= 15 is 0 Å². The number of ether oxygens (including phenoxy) is 4. The van der Waals surface area contributed by atoms with Crippen LogP contribution in [-0.4, -0.2) is 33.5 Å². The van der Waals surface area contributed by atoms with E-state index in [4.69, 9.17) is 18.9 Å². The molecule has 1 aliphatic rings. The molecule has 3 rings (SSSR count). The van der Waals surface area contributed by atoms with Crippen LogP contribution in [0.25, 0.3) is 0 Å². The molecule has 0 amide bonds. The second-order valence-corrected chi connectivity index (χ2v) is 6.13. The molecule has 0 radical (unpaired) electrons. The molecule has 0 spiro atoms. The van der Waals surface area contributed by atoms with Crippen molar-refractivity contribution in [1.82, 2.24) is 0 Å². The normalized spacial score (nSPS) is 16.0. The van der Waals surface area contributed by atoms with E-state index in [2.05, 4.69) is 24.3 Å². The third kappa shape index (κ3) is 4.82. The first-order chi connectivity index (χ1) is 12.3. The van der Waals surface area contributed by atoms with Crippen molar-refractivity contribution in [3.05, 3.63) is 65.7 Å². The number of hydrogen-bond acceptors (Lipinski definition) is 4. The highest BCUT2D eigenvalue weighted by atomic mass is 16.7. The topological polar surface area (TPSA) is 36.9 Å². The van der Waals surface area contributed by atoms with Gasteiger partial charge >= 0.3 is 0 Å². The summed E-state index contributed by atoms with van der Waals surface area (Å²) in [6.07, 6.45) is 2.61. The first-order valence-corrected chi connectivity index (χ1v) is 8.86. The largest absolute Gasteiger partial charge is 0.497 e. The van der Waals surface area contributed by atoms with Gasteiger partial charge in [-0.15, -0.1) is 0 Å². The van der Waals surface area contributed by atoms with Crippen molar-refractivity contribution in [2.45, 2.75) is 25.0 Å². The van der Waals surface area contributed by atoms with E-state index in [1.165, 1.54) is 5.56 Å². The highest BCUT2D eigenvalue weighted by molar-refractivity contribution is 5.30. The molecule has 0 saturated carbocycles. The van der Waals surface area contributed by atoms with Crippen molar-refractivity contribution in [1.29, 1.82) is 0 Å². The lowest BCUT2D eigenvalue weighted by atomic mass is 10.0. The Morgan fingerprint density at radius 1 is 0.920 bits per heavy atom. The van der Waals surface area contributed by atoms with Crippen LogP contribution in [0.1, 0.15) is 24.0 Å². The highest BCUT2D eigenvalue weighted by Crippen LogP contribution is 2.36. The summed E-state index contributed by atoms with van der Waals surface area (Å²) in [7, 11) is 1.67. The number of hydrogen-bond donors (Lipinski definition) is 0. The summed E-state index contributed by atoms with van der Waals surface area (Å²) in [6, 6.07) is 18.3. The second-order valence-electron chi connectivity index (χ2n) is 6.13. The van der Waals surface area contributed by atoms with E-state index in [1.807, 2.05) is 30.3 Å². The van der Waals surface area contributed by atoms with Crippen LogP contribution in [0.5, 0.6) is 5.75 Å². The van der Waals surface area contributed by atoms with Crippen LogP contribution in [0.15, 0.2) is 54.6 Å². The van der Waals surface area contributed by atoms with E-state index < -0.39 is 5.79 Å². The van der Waals surface area contributed by atoms with Crippen molar-refractivity contribution in [3.63, 3.8) is 0 Å². The quantitative estimate of drug-likeness (QED) is 0.647. The maximum atomic E-state index is 5.96. The first-order valence-electron chi connectivity index (χ1n) is 8.86. The average Bonchev–Trinajstić information content (AvgIpc) is 3.15. The zero-order valence-corrected chi connectivity index (χ0v) is 14.8. The second kappa shape index (κ2) is 8.99. The molecule has 1 aliphatic heterocycles. The van der Waals surface area contributed by atoms with Gasteiger partial charge < -0.3 is 18.9 Å². The minimum atomic E-state index is -0.644. The lowest BCUT2D eigenvalue weighted by molar-refractivity contribution is -0.173. The first kappa shape index (κ1) is 17.9. The van der Waals surface area contributed by atoms with Gasteiger partial charge in [-0.05, 0) is 42.7 Å². The molecule has 1 fully saturated rings. The minimum Gasteiger partial charge on any atom is -0.497 e. The molecule has 2 aromatic rings. The van der Waals surface area contributed by atoms with Gasteiger partial charge in [-0.1, -0.05) is 30.3 Å². The highest BCUT2D eigenvalue weighted by Gasteiger charge is 2.37. The van der Waals surface area contributed by atoms with E-state index in [1.54, 1.807) is 7.11 Å². The van der Waals surface area contributed by atoms with Crippen molar-refractivity contribution in [3.8, 4) is 5.75 Å². The van der Waals surface area contributed by atoms with Gasteiger partial charge in [0.2, 0.25) is 0 Å². The summed E-state index contributed by atoms with van der Waals surface area (Å²) in [5, 5.41) is 0. The summed E-state index contributed by atoms with van der Waals surface area (Å²) in [5.41, 5.74) is 2.34. The molecule has 0 N–H and O–H groups in total. The molecule has 1 saturated heterocycles. The van der Waals surface area contributed by atoms with Gasteiger partial charge in [0, 0.05) is 18.6 Å². The summed E-state index contributed by atoms with van der Waals surface area (Å²) >= 11 is 0. The number of methoxy groups -OCH3 is 1. The maximum absolute atomic E-state index is 5.96. The van der Waals surface area contributed by atoms with Gasteiger partial charge in [-0.3, -0.25) is 0 Å². The van der Waals surface area contributed by atoms with Gasteiger partial charge in [0.25, 0.3) is 0 Å². The molecule has 0 aromatic heterocycles. The van der Waals surface area contributed by atoms with Crippen molar-refractivity contribution in [2.24, 2.45) is 0 Å². The Labute approximate surface area is 149 Å². The number of rotatable bonds is 9. The molecule has 4 nitrogen and oxygen atoms in total. The molecular weight excluding hydrogens is 316 g/mol. The van der Waals surface area contributed by atoms with E-state index in [9.17, 15) is 0 Å². The lowest BCUT2D eigenvalue weighted by Crippen LogP contribution is -2.27. The fraction of sp³-hybridized carbons (Fsp3) is 0.429. The predicted octanol–water partition coefficient (Wildman–Crippen LogP) is 3.93. The smallest absolute Gasteiger partial charge is 0.195 e. The van der Waals surface area contributed by atoms with Gasteiger partial charge in [0.1, 0.15) is 5.75 Å².